The lowest BCUT2D eigenvalue weighted by Crippen LogP contribution is -2.43. The van der Waals surface area contributed by atoms with E-state index in [0.717, 1.165) is 11.3 Å². The molecule has 34 heavy (non-hydrogen) atoms. The van der Waals surface area contributed by atoms with Crippen LogP contribution in [0.25, 0.3) is 22.5 Å². The Labute approximate surface area is 196 Å². The summed E-state index contributed by atoms with van der Waals surface area (Å²) in [7, 11) is 1.80. The van der Waals surface area contributed by atoms with E-state index in [2.05, 4.69) is 20.3 Å². The third-order valence-corrected chi connectivity index (χ3v) is 6.16. The smallest absolute Gasteiger partial charge is 0.252 e. The first kappa shape index (κ1) is 22.2. The molecule has 0 radical (unpaired) electrons. The lowest BCUT2D eigenvalue weighted by Gasteiger charge is -2.35. The summed E-state index contributed by atoms with van der Waals surface area (Å²) in [5, 5.41) is 8.24. The third kappa shape index (κ3) is 4.32. The molecule has 0 aliphatic carbocycles. The molecule has 1 fully saturated rings. The number of aryl methyl sites for hydroxylation is 2. The monoisotopic (exact) mass is 463 g/mol. The highest BCUT2D eigenvalue weighted by atomic mass is 19.1. The van der Waals surface area contributed by atoms with Gasteiger partial charge in [0.25, 0.3) is 5.91 Å². The molecule has 1 amide bonds. The van der Waals surface area contributed by atoms with Crippen LogP contribution < -0.4 is 5.32 Å². The first-order chi connectivity index (χ1) is 16.5. The Morgan fingerprint density at radius 3 is 2.76 bits per heavy atom. The fourth-order valence-corrected chi connectivity index (χ4v) is 4.52. The summed E-state index contributed by atoms with van der Waals surface area (Å²) in [6, 6.07) is 11.7. The van der Waals surface area contributed by atoms with Crippen LogP contribution in [0.3, 0.4) is 0 Å². The fraction of sp³-hybridized carbons (Fsp3) is 0.320. The van der Waals surface area contributed by atoms with Crippen molar-refractivity contribution in [2.75, 3.05) is 32.8 Å². The molecule has 0 saturated carbocycles. The fourth-order valence-electron chi connectivity index (χ4n) is 4.52. The number of ether oxygens (including phenoxy) is 1. The van der Waals surface area contributed by atoms with E-state index in [1.807, 2.05) is 13.0 Å². The van der Waals surface area contributed by atoms with E-state index in [0.29, 0.717) is 60.9 Å². The molecule has 0 bridgehead atoms. The van der Waals surface area contributed by atoms with Gasteiger partial charge in [0.05, 0.1) is 42.2 Å². The van der Waals surface area contributed by atoms with E-state index < -0.39 is 0 Å². The molecule has 1 saturated heterocycles. The number of nitrogens with zero attached hydrogens (tertiary/aromatic N) is 4. The number of carbonyl (C=O) groups is 1. The summed E-state index contributed by atoms with van der Waals surface area (Å²) in [5.41, 5.74) is 3.17. The van der Waals surface area contributed by atoms with Gasteiger partial charge >= 0.3 is 0 Å². The Balaban J connectivity index is 1.47. The van der Waals surface area contributed by atoms with Crippen LogP contribution in [0, 0.1) is 12.7 Å². The van der Waals surface area contributed by atoms with Gasteiger partial charge in [-0.15, -0.1) is 0 Å². The summed E-state index contributed by atoms with van der Waals surface area (Å²) in [4.78, 5) is 20.4. The predicted molar refractivity (Wildman–Crippen MR) is 125 cm³/mol. The minimum Gasteiger partial charge on any atom is -0.463 e. The van der Waals surface area contributed by atoms with Crippen LogP contribution in [-0.4, -0.2) is 58.4 Å². The van der Waals surface area contributed by atoms with Gasteiger partial charge in [-0.2, -0.15) is 5.10 Å². The van der Waals surface area contributed by atoms with Gasteiger partial charge in [-0.05, 0) is 42.8 Å². The second-order valence-electron chi connectivity index (χ2n) is 8.37. The number of halogens is 1. The van der Waals surface area contributed by atoms with Crippen molar-refractivity contribution >= 4 is 16.9 Å². The molecule has 3 aromatic heterocycles. The normalized spacial score (nSPS) is 15.5. The summed E-state index contributed by atoms with van der Waals surface area (Å²) >= 11 is 0. The summed E-state index contributed by atoms with van der Waals surface area (Å²) in [5.74, 6) is 0.0266. The number of morpholine rings is 1. The van der Waals surface area contributed by atoms with Crippen LogP contribution in [0.2, 0.25) is 0 Å². The molecule has 1 aromatic carbocycles. The molecule has 1 aliphatic rings. The lowest BCUT2D eigenvalue weighted by molar-refractivity contribution is 0.0162. The zero-order chi connectivity index (χ0) is 23.7. The highest BCUT2D eigenvalue weighted by Crippen LogP contribution is 2.28. The van der Waals surface area contributed by atoms with E-state index in [4.69, 9.17) is 9.15 Å². The number of benzene rings is 1. The molecule has 1 aliphatic heterocycles. The molecular weight excluding hydrogens is 437 g/mol. The van der Waals surface area contributed by atoms with Gasteiger partial charge in [0, 0.05) is 26.7 Å². The molecule has 1 atom stereocenters. The van der Waals surface area contributed by atoms with E-state index in [1.165, 1.54) is 12.1 Å². The molecule has 9 heteroatoms. The first-order valence-corrected chi connectivity index (χ1v) is 11.2. The maximum absolute atomic E-state index is 14.0. The van der Waals surface area contributed by atoms with Gasteiger partial charge in [0.1, 0.15) is 11.5 Å². The van der Waals surface area contributed by atoms with Gasteiger partial charge in [-0.1, -0.05) is 12.1 Å². The van der Waals surface area contributed by atoms with Gasteiger partial charge in [-0.25, -0.2) is 9.37 Å². The summed E-state index contributed by atoms with van der Waals surface area (Å²) in [6.07, 6.45) is 1.57. The van der Waals surface area contributed by atoms with Crippen LogP contribution in [0.5, 0.6) is 0 Å². The largest absolute Gasteiger partial charge is 0.463 e. The Hall–Kier alpha value is -3.56. The molecule has 5 rings (SSSR count). The average molecular weight is 464 g/mol. The Bertz CT molecular complexity index is 1310. The van der Waals surface area contributed by atoms with E-state index in [-0.39, 0.29) is 17.8 Å². The second kappa shape index (κ2) is 9.36. The van der Waals surface area contributed by atoms with E-state index >= 15 is 0 Å². The maximum Gasteiger partial charge on any atom is 0.252 e. The molecule has 0 spiro atoms. The van der Waals surface area contributed by atoms with Crippen LogP contribution >= 0.6 is 0 Å². The number of nitrogens with one attached hydrogen (secondary N) is 1. The molecule has 4 heterocycles. The Kier molecular flexibility index (Phi) is 6.12. The van der Waals surface area contributed by atoms with Crippen molar-refractivity contribution in [1.82, 2.24) is 25.0 Å². The SMILES string of the molecule is Cc1nn(C)c2nc(-c3ccco3)cc(C(=O)NCC(c3cccc(F)c3)N3CCOCC3)c12. The van der Waals surface area contributed by atoms with Gasteiger partial charge in [0.15, 0.2) is 11.4 Å². The number of furan rings is 1. The highest BCUT2D eigenvalue weighted by Gasteiger charge is 2.25. The first-order valence-electron chi connectivity index (χ1n) is 11.2. The number of rotatable bonds is 6. The summed E-state index contributed by atoms with van der Waals surface area (Å²) < 4.78 is 26.7. The number of aromatic nitrogens is 3. The Morgan fingerprint density at radius 1 is 1.21 bits per heavy atom. The van der Waals surface area contributed by atoms with Crippen molar-refractivity contribution < 1.29 is 18.3 Å². The van der Waals surface area contributed by atoms with Gasteiger partial charge in [0.2, 0.25) is 0 Å². The molecule has 1 unspecified atom stereocenters. The number of pyridine rings is 1. The van der Waals surface area contributed by atoms with Crippen molar-refractivity contribution in [2.24, 2.45) is 7.05 Å². The van der Waals surface area contributed by atoms with Crippen molar-refractivity contribution in [3.05, 3.63) is 71.4 Å². The van der Waals surface area contributed by atoms with Crippen LogP contribution in [0.4, 0.5) is 4.39 Å². The minimum absolute atomic E-state index is 0.180. The topological polar surface area (TPSA) is 85.4 Å². The third-order valence-electron chi connectivity index (χ3n) is 6.16. The molecule has 1 N–H and O–H groups in total. The number of hydrogen-bond donors (Lipinski definition) is 1. The standard InChI is InChI=1S/C25H26FN5O3/c1-16-23-19(14-20(22-7-4-10-34-22)28-24(23)30(2)29-16)25(32)27-15-21(31-8-11-33-12-9-31)17-5-3-6-18(26)13-17/h3-7,10,13-14,21H,8-9,11-12,15H2,1-2H3,(H,27,32). The van der Waals surface area contributed by atoms with Crippen molar-refractivity contribution in [1.29, 1.82) is 0 Å². The highest BCUT2D eigenvalue weighted by molar-refractivity contribution is 6.07. The van der Waals surface area contributed by atoms with Crippen LogP contribution in [0.1, 0.15) is 27.7 Å². The molecular formula is C25H26FN5O3. The van der Waals surface area contributed by atoms with Crippen molar-refractivity contribution in [3.8, 4) is 11.5 Å². The molecule has 4 aromatic rings. The van der Waals surface area contributed by atoms with E-state index in [1.54, 1.807) is 42.3 Å². The van der Waals surface area contributed by atoms with Crippen LogP contribution in [-0.2, 0) is 11.8 Å². The lowest BCUT2D eigenvalue weighted by atomic mass is 10.0. The average Bonchev–Trinajstić information content (AvgIpc) is 3.48. The molecule has 8 nitrogen and oxygen atoms in total. The van der Waals surface area contributed by atoms with Crippen molar-refractivity contribution in [2.45, 2.75) is 13.0 Å². The second-order valence-corrected chi connectivity index (χ2v) is 8.37. The minimum atomic E-state index is -0.299. The molecule has 176 valence electrons. The van der Waals surface area contributed by atoms with Gasteiger partial charge in [-0.3, -0.25) is 14.4 Å². The number of hydrogen-bond acceptors (Lipinski definition) is 6. The summed E-state index contributed by atoms with van der Waals surface area (Å²) in [6.45, 7) is 4.80. The quantitative estimate of drug-likeness (QED) is 0.471. The zero-order valence-corrected chi connectivity index (χ0v) is 19.1. The number of amides is 1. The van der Waals surface area contributed by atoms with E-state index in [9.17, 15) is 9.18 Å². The number of fused-ring (bicyclic) bond motifs is 1. The van der Waals surface area contributed by atoms with Gasteiger partial charge < -0.3 is 14.5 Å². The predicted octanol–water partition coefficient (Wildman–Crippen LogP) is 3.48. The number of carbonyl (C=O) groups excluding carboxylic acids is 1. The Morgan fingerprint density at radius 2 is 2.03 bits per heavy atom. The van der Waals surface area contributed by atoms with Crippen LogP contribution in [0.15, 0.2) is 53.1 Å². The van der Waals surface area contributed by atoms with Crippen molar-refractivity contribution in [3.63, 3.8) is 0 Å². The maximum atomic E-state index is 14.0. The zero-order valence-electron chi connectivity index (χ0n) is 19.1.